The molecule has 0 aliphatic carbocycles. The molecule has 0 saturated carbocycles. The van der Waals surface area contributed by atoms with Crippen molar-refractivity contribution in [1.82, 2.24) is 10.2 Å². The number of hydrogen-bond donors (Lipinski definition) is 1. The molecule has 1 aromatic rings. The second-order valence-electron chi connectivity index (χ2n) is 6.08. The molecule has 112 valence electrons. The van der Waals surface area contributed by atoms with Gasteiger partial charge in [-0.15, -0.1) is 0 Å². The first kappa shape index (κ1) is 15.5. The van der Waals surface area contributed by atoms with Crippen molar-refractivity contribution >= 4 is 0 Å². The van der Waals surface area contributed by atoms with Crippen molar-refractivity contribution in [3.8, 4) is 0 Å². The molecule has 1 spiro atoms. The number of nitrogens with zero attached hydrogens (tertiary/aromatic N) is 1. The minimum absolute atomic E-state index is 0.575. The van der Waals surface area contributed by atoms with E-state index in [1.165, 1.54) is 57.4 Å². The average molecular weight is 274 g/mol. The lowest BCUT2D eigenvalue weighted by atomic mass is 9.74. The zero-order valence-electron chi connectivity index (χ0n) is 13.2. The van der Waals surface area contributed by atoms with E-state index in [-0.39, 0.29) is 0 Å². The molecule has 0 radical (unpaired) electrons. The van der Waals surface area contributed by atoms with Crippen molar-refractivity contribution in [2.45, 2.75) is 46.1 Å². The van der Waals surface area contributed by atoms with E-state index in [4.69, 9.17) is 0 Å². The van der Waals surface area contributed by atoms with Crippen LogP contribution >= 0.6 is 0 Å². The van der Waals surface area contributed by atoms with Crippen molar-refractivity contribution in [1.29, 1.82) is 0 Å². The zero-order valence-corrected chi connectivity index (χ0v) is 13.2. The molecule has 2 saturated heterocycles. The number of benzene rings is 1. The van der Waals surface area contributed by atoms with Gasteiger partial charge in [-0.1, -0.05) is 44.2 Å². The molecule has 0 amide bonds. The monoisotopic (exact) mass is 274 g/mol. The van der Waals surface area contributed by atoms with Gasteiger partial charge in [-0.3, -0.25) is 4.90 Å². The molecule has 20 heavy (non-hydrogen) atoms. The molecular formula is C18H30N2. The van der Waals surface area contributed by atoms with Crippen LogP contribution in [0.1, 0.15) is 45.1 Å². The summed E-state index contributed by atoms with van der Waals surface area (Å²) in [6, 6.07) is 10.9. The Kier molecular flexibility index (Phi) is 6.06. The molecule has 3 rings (SSSR count). The normalized spacial score (nSPS) is 26.9. The first-order valence-electron chi connectivity index (χ1n) is 8.33. The lowest BCUT2D eigenvalue weighted by molar-refractivity contribution is 0.0601. The molecule has 1 unspecified atom stereocenters. The summed E-state index contributed by atoms with van der Waals surface area (Å²) in [6.45, 7) is 10.1. The maximum absolute atomic E-state index is 3.60. The van der Waals surface area contributed by atoms with Crippen LogP contribution in [0.25, 0.3) is 0 Å². The van der Waals surface area contributed by atoms with Crippen molar-refractivity contribution < 1.29 is 0 Å². The molecular weight excluding hydrogens is 244 g/mol. The first-order chi connectivity index (χ1) is 9.86. The Labute approximate surface area is 124 Å². The first-order valence-corrected chi connectivity index (χ1v) is 8.33. The summed E-state index contributed by atoms with van der Waals surface area (Å²) < 4.78 is 0. The number of likely N-dealkylation sites (tertiary alicyclic amines) is 1. The second-order valence-corrected chi connectivity index (χ2v) is 6.08. The summed E-state index contributed by atoms with van der Waals surface area (Å²) in [6.07, 6.45) is 5.57. The molecule has 0 bridgehead atoms. The van der Waals surface area contributed by atoms with Crippen LogP contribution in [0.3, 0.4) is 0 Å². The number of hydrogen-bond acceptors (Lipinski definition) is 2. The molecule has 1 atom stereocenters. The summed E-state index contributed by atoms with van der Waals surface area (Å²) in [7, 11) is 0. The predicted molar refractivity (Wildman–Crippen MR) is 86.8 cm³/mol. The summed E-state index contributed by atoms with van der Waals surface area (Å²) in [5.41, 5.74) is 2.03. The maximum Gasteiger partial charge on any atom is 0.0233 e. The Morgan fingerprint density at radius 3 is 2.55 bits per heavy atom. The fraction of sp³-hybridized carbons (Fsp3) is 0.667. The molecule has 2 heterocycles. The van der Waals surface area contributed by atoms with Crippen LogP contribution in [0.4, 0.5) is 0 Å². The van der Waals surface area contributed by atoms with E-state index < -0.39 is 0 Å². The highest BCUT2D eigenvalue weighted by Crippen LogP contribution is 2.36. The smallest absolute Gasteiger partial charge is 0.0233 e. The van der Waals surface area contributed by atoms with Gasteiger partial charge >= 0.3 is 0 Å². The van der Waals surface area contributed by atoms with E-state index in [1.54, 1.807) is 0 Å². The third-order valence-corrected chi connectivity index (χ3v) is 4.55. The number of nitrogens with one attached hydrogen (secondary N) is 1. The van der Waals surface area contributed by atoms with E-state index >= 15 is 0 Å². The Morgan fingerprint density at radius 1 is 1.10 bits per heavy atom. The van der Waals surface area contributed by atoms with Crippen LogP contribution in [0, 0.1) is 5.41 Å². The SMILES string of the molecule is CC.c1ccc(CN2CCCC3(CCCNC3)C2)cc1. The average Bonchev–Trinajstić information content (AvgIpc) is 2.51. The molecule has 2 aliphatic heterocycles. The Bertz CT molecular complexity index is 363. The lowest BCUT2D eigenvalue weighted by Crippen LogP contribution is -2.50. The van der Waals surface area contributed by atoms with Crippen LogP contribution in [0.2, 0.25) is 0 Å². The van der Waals surface area contributed by atoms with Gasteiger partial charge in [0.1, 0.15) is 0 Å². The third kappa shape index (κ3) is 4.07. The fourth-order valence-electron chi connectivity index (χ4n) is 3.67. The van der Waals surface area contributed by atoms with E-state index in [2.05, 4.69) is 40.5 Å². The summed E-state index contributed by atoms with van der Waals surface area (Å²) >= 11 is 0. The highest BCUT2D eigenvalue weighted by atomic mass is 15.1. The van der Waals surface area contributed by atoms with Gasteiger partial charge in [-0.05, 0) is 49.8 Å². The lowest BCUT2D eigenvalue weighted by Gasteiger charge is -2.45. The summed E-state index contributed by atoms with van der Waals surface area (Å²) in [4.78, 5) is 2.66. The molecule has 2 nitrogen and oxygen atoms in total. The topological polar surface area (TPSA) is 15.3 Å². The number of piperidine rings is 2. The highest BCUT2D eigenvalue weighted by Gasteiger charge is 2.36. The van der Waals surface area contributed by atoms with Gasteiger partial charge in [-0.25, -0.2) is 0 Å². The quantitative estimate of drug-likeness (QED) is 0.885. The van der Waals surface area contributed by atoms with E-state index in [1.807, 2.05) is 13.8 Å². The van der Waals surface area contributed by atoms with Gasteiger partial charge in [0, 0.05) is 19.6 Å². The maximum atomic E-state index is 3.60. The van der Waals surface area contributed by atoms with Crippen molar-refractivity contribution in [2.24, 2.45) is 5.41 Å². The second kappa shape index (κ2) is 7.80. The zero-order chi connectivity index (χ0) is 14.3. The van der Waals surface area contributed by atoms with Crippen LogP contribution in [0.5, 0.6) is 0 Å². The van der Waals surface area contributed by atoms with E-state index in [0.717, 1.165) is 6.54 Å². The fourth-order valence-corrected chi connectivity index (χ4v) is 3.67. The summed E-state index contributed by atoms with van der Waals surface area (Å²) in [5.74, 6) is 0. The molecule has 1 N–H and O–H groups in total. The van der Waals surface area contributed by atoms with E-state index in [0.29, 0.717) is 5.41 Å². The molecule has 2 fully saturated rings. The van der Waals surface area contributed by atoms with Gasteiger partial charge < -0.3 is 5.32 Å². The van der Waals surface area contributed by atoms with Crippen LogP contribution in [-0.4, -0.2) is 31.1 Å². The Morgan fingerprint density at radius 2 is 1.85 bits per heavy atom. The van der Waals surface area contributed by atoms with Gasteiger partial charge in [0.05, 0.1) is 0 Å². The minimum Gasteiger partial charge on any atom is -0.316 e. The minimum atomic E-state index is 0.575. The molecule has 1 aromatic carbocycles. The largest absolute Gasteiger partial charge is 0.316 e. The number of rotatable bonds is 2. The predicted octanol–water partition coefficient (Wildman–Crippen LogP) is 3.68. The molecule has 0 aromatic heterocycles. The van der Waals surface area contributed by atoms with Gasteiger partial charge in [-0.2, -0.15) is 0 Å². The highest BCUT2D eigenvalue weighted by molar-refractivity contribution is 5.14. The third-order valence-electron chi connectivity index (χ3n) is 4.55. The van der Waals surface area contributed by atoms with Crippen molar-refractivity contribution in [3.63, 3.8) is 0 Å². The van der Waals surface area contributed by atoms with Crippen LogP contribution in [0.15, 0.2) is 30.3 Å². The van der Waals surface area contributed by atoms with Crippen LogP contribution < -0.4 is 5.32 Å². The molecule has 2 heteroatoms. The summed E-state index contributed by atoms with van der Waals surface area (Å²) in [5, 5.41) is 3.60. The standard InChI is InChI=1S/C16H24N2.C2H6/c1-2-6-15(7-3-1)12-18-11-5-9-16(14-18)8-4-10-17-13-16;1-2/h1-3,6-7,17H,4-5,8-14H2;1-2H3. The van der Waals surface area contributed by atoms with Crippen molar-refractivity contribution in [2.75, 3.05) is 26.2 Å². The van der Waals surface area contributed by atoms with Gasteiger partial charge in [0.2, 0.25) is 0 Å². The van der Waals surface area contributed by atoms with Crippen molar-refractivity contribution in [3.05, 3.63) is 35.9 Å². The van der Waals surface area contributed by atoms with Gasteiger partial charge in [0.25, 0.3) is 0 Å². The Hall–Kier alpha value is -0.860. The molecule has 2 aliphatic rings. The van der Waals surface area contributed by atoms with Crippen LogP contribution in [-0.2, 0) is 6.54 Å². The Balaban J connectivity index is 0.000000704. The van der Waals surface area contributed by atoms with Gasteiger partial charge in [0.15, 0.2) is 0 Å². The van der Waals surface area contributed by atoms with E-state index in [9.17, 15) is 0 Å².